The first kappa shape index (κ1) is 42.2. The Hall–Kier alpha value is -6.49. The second-order valence-electron chi connectivity index (χ2n) is 18.7. The Morgan fingerprint density at radius 1 is 0.818 bits per heavy atom. The number of carbonyl (C=O) groups excluding carboxylic acids is 5. The van der Waals surface area contributed by atoms with Crippen molar-refractivity contribution in [3.63, 3.8) is 0 Å². The highest BCUT2D eigenvalue weighted by atomic mass is 19.3. The number of pyridine rings is 1. The van der Waals surface area contributed by atoms with E-state index in [1.54, 1.807) is 37.5 Å². The van der Waals surface area contributed by atoms with Crippen molar-refractivity contribution in [2.24, 2.45) is 7.05 Å². The van der Waals surface area contributed by atoms with Crippen LogP contribution in [0.15, 0.2) is 55.0 Å². The summed E-state index contributed by atoms with van der Waals surface area (Å²) < 4.78 is 34.5. The lowest BCUT2D eigenvalue weighted by molar-refractivity contribution is -0.136. The Morgan fingerprint density at radius 3 is 2.35 bits per heavy atom. The van der Waals surface area contributed by atoms with E-state index in [0.29, 0.717) is 37.7 Å². The third-order valence-electron chi connectivity index (χ3n) is 15.1. The van der Waals surface area contributed by atoms with Crippen LogP contribution in [0.4, 0.5) is 26.0 Å². The molecule has 3 saturated heterocycles. The van der Waals surface area contributed by atoms with Crippen molar-refractivity contribution in [3.05, 3.63) is 88.5 Å². The standard InChI is InChI=1S/C49H52F2N10O5/c1-28(62)58-21-14-41-39(27-58)46(59-16-3-4-29-22-34(35(45(50)51)24-43(29)59)38-26-55(2)40-9-15-52-25-37(38)40)54-61(41)31-12-19-56(20-13-31)30-10-17-57(18-11-30)32-5-6-33-36(23-32)49(66)60(48(33)65)42-7-8-44(63)53-47(42)64/h5-6,9,15,22-26,30-31,42,45H,3-4,7-8,10-14,16-21,27H2,1-2H3,(H,53,63,64). The maximum atomic E-state index is 15.1. The van der Waals surface area contributed by atoms with Gasteiger partial charge in [0.25, 0.3) is 18.2 Å². The number of alkyl halides is 2. The van der Waals surface area contributed by atoms with E-state index in [4.69, 9.17) is 5.10 Å². The molecule has 6 aliphatic heterocycles. The lowest BCUT2D eigenvalue weighted by Crippen LogP contribution is -2.54. The number of halogens is 2. The van der Waals surface area contributed by atoms with Crippen LogP contribution in [0.5, 0.6) is 0 Å². The second-order valence-corrected chi connectivity index (χ2v) is 18.7. The van der Waals surface area contributed by atoms with Crippen molar-refractivity contribution in [3.8, 4) is 11.1 Å². The molecule has 3 aromatic heterocycles. The van der Waals surface area contributed by atoms with Crippen LogP contribution in [-0.2, 0) is 40.8 Å². The molecule has 342 valence electrons. The second kappa shape index (κ2) is 16.4. The van der Waals surface area contributed by atoms with Crippen LogP contribution in [0.3, 0.4) is 0 Å². The van der Waals surface area contributed by atoms with Gasteiger partial charge in [-0.05, 0) is 92.5 Å². The third-order valence-corrected chi connectivity index (χ3v) is 15.1. The molecule has 3 fully saturated rings. The number of imide groups is 2. The summed E-state index contributed by atoms with van der Waals surface area (Å²) >= 11 is 0. The fourth-order valence-corrected chi connectivity index (χ4v) is 11.6. The Kier molecular flexibility index (Phi) is 10.5. The van der Waals surface area contributed by atoms with E-state index in [1.807, 2.05) is 40.9 Å². The third kappa shape index (κ3) is 7.04. The summed E-state index contributed by atoms with van der Waals surface area (Å²) in [5.74, 6) is -1.27. The first-order valence-corrected chi connectivity index (χ1v) is 23.3. The Morgan fingerprint density at radius 2 is 1.59 bits per heavy atom. The number of likely N-dealkylation sites (tertiary alicyclic amines) is 1. The molecule has 5 amide bonds. The monoisotopic (exact) mass is 898 g/mol. The molecular formula is C49H52F2N10O5. The molecule has 9 heterocycles. The SMILES string of the molecule is CC(=O)N1CCc2c(c(N3CCCc4cc(-c5cn(C)c6ccncc56)c(C(F)F)cc43)nn2C2CCN(C3CCN(c4ccc5c(c4)C(=O)N(C4CCC(=O)NC4=O)C5=O)CC3)CC2)C1. The molecule has 1 unspecified atom stereocenters. The lowest BCUT2D eigenvalue weighted by atomic mass is 9.91. The molecule has 66 heavy (non-hydrogen) atoms. The Bertz CT molecular complexity index is 2840. The average molecular weight is 899 g/mol. The molecule has 6 aliphatic rings. The van der Waals surface area contributed by atoms with Crippen LogP contribution < -0.4 is 15.1 Å². The highest BCUT2D eigenvalue weighted by Gasteiger charge is 2.45. The van der Waals surface area contributed by atoms with Gasteiger partial charge in [-0.3, -0.25) is 43.9 Å². The topological polar surface area (TPSA) is 149 Å². The molecule has 0 saturated carbocycles. The lowest BCUT2D eigenvalue weighted by Gasteiger charge is -2.42. The fourth-order valence-electron chi connectivity index (χ4n) is 11.6. The normalized spacial score (nSPS) is 21.0. The first-order chi connectivity index (χ1) is 31.9. The number of amides is 5. The van der Waals surface area contributed by atoms with Crippen molar-refractivity contribution >= 4 is 57.6 Å². The van der Waals surface area contributed by atoms with E-state index in [9.17, 15) is 24.0 Å². The highest BCUT2D eigenvalue weighted by molar-refractivity contribution is 6.23. The minimum absolute atomic E-state index is 0.00291. The number of hydrogen-bond donors (Lipinski definition) is 1. The van der Waals surface area contributed by atoms with Crippen molar-refractivity contribution in [2.45, 2.75) is 95.8 Å². The van der Waals surface area contributed by atoms with Crippen LogP contribution in [0, 0.1) is 0 Å². The predicted octanol–water partition coefficient (Wildman–Crippen LogP) is 6.07. The molecule has 15 nitrogen and oxygen atoms in total. The highest BCUT2D eigenvalue weighted by Crippen LogP contribution is 2.45. The van der Waals surface area contributed by atoms with E-state index in [-0.39, 0.29) is 41.5 Å². The number of aryl methyl sites for hydroxylation is 2. The van der Waals surface area contributed by atoms with Gasteiger partial charge in [-0.15, -0.1) is 0 Å². The molecule has 0 spiro atoms. The van der Waals surface area contributed by atoms with Gasteiger partial charge >= 0.3 is 0 Å². The molecule has 1 atom stereocenters. The number of nitrogens with zero attached hydrogens (tertiary/aromatic N) is 9. The number of anilines is 3. The summed E-state index contributed by atoms with van der Waals surface area (Å²) in [5, 5.41) is 8.47. The zero-order valence-electron chi connectivity index (χ0n) is 37.1. The van der Waals surface area contributed by atoms with E-state index >= 15 is 8.78 Å². The Balaban J connectivity index is 0.800. The molecule has 0 radical (unpaired) electrons. The summed E-state index contributed by atoms with van der Waals surface area (Å²) in [5.41, 5.74) is 7.48. The molecule has 5 aromatic rings. The predicted molar refractivity (Wildman–Crippen MR) is 242 cm³/mol. The number of benzene rings is 2. The summed E-state index contributed by atoms with van der Waals surface area (Å²) in [4.78, 5) is 77.9. The number of piperidine rings is 3. The molecular weight excluding hydrogens is 847 g/mol. The largest absolute Gasteiger partial charge is 0.371 e. The molecule has 17 heteroatoms. The van der Waals surface area contributed by atoms with Crippen molar-refractivity contribution in [2.75, 3.05) is 49.1 Å². The summed E-state index contributed by atoms with van der Waals surface area (Å²) in [7, 11) is 1.92. The van der Waals surface area contributed by atoms with Crippen LogP contribution in [0.25, 0.3) is 22.0 Å². The summed E-state index contributed by atoms with van der Waals surface area (Å²) in [6, 6.07) is 10.4. The smallest absolute Gasteiger partial charge is 0.264 e. The van der Waals surface area contributed by atoms with Gasteiger partial charge in [-0.25, -0.2) is 8.78 Å². The van der Waals surface area contributed by atoms with Crippen molar-refractivity contribution in [1.82, 2.24) is 39.3 Å². The molecule has 11 rings (SSSR count). The quantitative estimate of drug-likeness (QED) is 0.191. The van der Waals surface area contributed by atoms with E-state index < -0.39 is 36.1 Å². The van der Waals surface area contributed by atoms with Gasteiger partial charge in [0.2, 0.25) is 17.7 Å². The number of carbonyl (C=O) groups is 5. The number of hydrogen-bond acceptors (Lipinski definition) is 10. The number of aromatic nitrogens is 4. The van der Waals surface area contributed by atoms with Crippen LogP contribution >= 0.6 is 0 Å². The number of fused-ring (bicyclic) bond motifs is 4. The zero-order chi connectivity index (χ0) is 45.5. The van der Waals surface area contributed by atoms with Gasteiger partial charge in [0.15, 0.2) is 5.82 Å². The zero-order valence-corrected chi connectivity index (χ0v) is 37.1. The van der Waals surface area contributed by atoms with E-state index in [0.717, 1.165) is 120 Å². The first-order valence-electron chi connectivity index (χ1n) is 23.3. The van der Waals surface area contributed by atoms with Crippen molar-refractivity contribution < 1.29 is 32.8 Å². The van der Waals surface area contributed by atoms with Crippen molar-refractivity contribution in [1.29, 1.82) is 0 Å². The minimum atomic E-state index is -2.70. The van der Waals surface area contributed by atoms with Crippen LogP contribution in [-0.4, -0.2) is 115 Å². The van der Waals surface area contributed by atoms with Crippen LogP contribution in [0.1, 0.15) is 107 Å². The summed E-state index contributed by atoms with van der Waals surface area (Å²) in [6.07, 6.45) is 8.81. The van der Waals surface area contributed by atoms with Gasteiger partial charge < -0.3 is 24.2 Å². The van der Waals surface area contributed by atoms with Gasteiger partial charge in [0, 0.05) is 130 Å². The molecule has 0 bridgehead atoms. The Labute approximate surface area is 380 Å². The minimum Gasteiger partial charge on any atom is -0.371 e. The van der Waals surface area contributed by atoms with Crippen LogP contribution in [0.2, 0.25) is 0 Å². The van der Waals surface area contributed by atoms with Gasteiger partial charge in [-0.2, -0.15) is 5.10 Å². The van der Waals surface area contributed by atoms with Gasteiger partial charge in [-0.1, -0.05) is 0 Å². The van der Waals surface area contributed by atoms with E-state index in [1.165, 1.54) is 0 Å². The molecule has 0 aliphatic carbocycles. The molecule has 2 aromatic carbocycles. The van der Waals surface area contributed by atoms with Gasteiger partial charge in [0.05, 0.1) is 29.2 Å². The number of rotatable bonds is 7. The number of nitrogens with one attached hydrogen (secondary N) is 1. The molecule has 1 N–H and O–H groups in total. The fraction of sp³-hybridized carbons (Fsp3) is 0.449. The average Bonchev–Trinajstić information content (AvgIpc) is 3.96. The maximum Gasteiger partial charge on any atom is 0.264 e. The van der Waals surface area contributed by atoms with E-state index in [2.05, 4.69) is 29.7 Å². The van der Waals surface area contributed by atoms with Gasteiger partial charge in [0.1, 0.15) is 6.04 Å². The summed E-state index contributed by atoms with van der Waals surface area (Å²) in [6.45, 7) is 6.65. The maximum absolute atomic E-state index is 15.1.